The van der Waals surface area contributed by atoms with Crippen molar-refractivity contribution in [2.24, 2.45) is 0 Å². The molecule has 0 radical (unpaired) electrons. The molecule has 0 heterocycles. The summed E-state index contributed by atoms with van der Waals surface area (Å²) in [5, 5.41) is 2.88. The fourth-order valence-electron chi connectivity index (χ4n) is 5.27. The van der Waals surface area contributed by atoms with Crippen LogP contribution in [0.5, 0.6) is 23.0 Å². The summed E-state index contributed by atoms with van der Waals surface area (Å²) in [6, 6.07) is 24.5. The number of hydrogen-bond acceptors (Lipinski definition) is 12. The van der Waals surface area contributed by atoms with Crippen molar-refractivity contribution in [3.05, 3.63) is 133 Å². The third kappa shape index (κ3) is 11.2. The van der Waals surface area contributed by atoms with Crippen molar-refractivity contribution in [3.63, 3.8) is 0 Å². The largest absolute Gasteiger partial charge is 0.463 e. The van der Waals surface area contributed by atoms with Crippen molar-refractivity contribution < 1.29 is 57.2 Å². The molecule has 5 aromatic carbocycles. The molecular weight excluding hydrogens is 708 g/mol. The van der Waals surface area contributed by atoms with Gasteiger partial charge in [-0.25, -0.2) is 24.0 Å². The Labute approximate surface area is 315 Å². The number of hydrogen-bond donors (Lipinski definition) is 0. The number of fused-ring (bicyclic) bond motifs is 2. The topological polar surface area (TPSA) is 158 Å². The van der Waals surface area contributed by atoms with Crippen LogP contribution in [-0.4, -0.2) is 49.0 Å². The fraction of sp³-hybridized carbons (Fsp3) is 0.163. The Morgan fingerprint density at radius 2 is 1.04 bits per heavy atom. The molecular formula is C43H36O12. The van der Waals surface area contributed by atoms with E-state index in [2.05, 4.69) is 17.9 Å². The van der Waals surface area contributed by atoms with E-state index in [1.807, 2.05) is 0 Å². The quantitative estimate of drug-likeness (QED) is 0.0423. The van der Waals surface area contributed by atoms with Gasteiger partial charge in [0.2, 0.25) is 0 Å². The van der Waals surface area contributed by atoms with E-state index in [4.69, 9.17) is 23.7 Å². The van der Waals surface area contributed by atoms with Crippen LogP contribution >= 0.6 is 0 Å². The number of rotatable bonds is 16. The second kappa shape index (κ2) is 18.6. The molecule has 5 aromatic rings. The second-order valence-corrected chi connectivity index (χ2v) is 12.1. The van der Waals surface area contributed by atoms with Gasteiger partial charge in [0.15, 0.2) is 6.61 Å². The van der Waals surface area contributed by atoms with Gasteiger partial charge in [-0.1, -0.05) is 37.4 Å². The Balaban J connectivity index is 1.12. The lowest BCUT2D eigenvalue weighted by Gasteiger charge is -2.11. The highest BCUT2D eigenvalue weighted by molar-refractivity contribution is 5.98. The Bertz CT molecular complexity index is 2300. The van der Waals surface area contributed by atoms with Crippen LogP contribution < -0.4 is 18.9 Å². The molecule has 12 heteroatoms. The van der Waals surface area contributed by atoms with Gasteiger partial charge in [0.25, 0.3) is 0 Å². The molecule has 0 bridgehead atoms. The van der Waals surface area contributed by atoms with Crippen molar-refractivity contribution in [1.82, 2.24) is 0 Å². The van der Waals surface area contributed by atoms with Crippen molar-refractivity contribution in [2.45, 2.75) is 32.6 Å². The molecule has 0 fully saturated rings. The fourth-order valence-corrected chi connectivity index (χ4v) is 5.27. The van der Waals surface area contributed by atoms with Gasteiger partial charge in [-0.3, -0.25) is 4.79 Å². The maximum absolute atomic E-state index is 13.1. The maximum atomic E-state index is 13.1. The molecule has 0 saturated carbocycles. The molecule has 0 saturated heterocycles. The minimum atomic E-state index is -0.760. The zero-order valence-electron chi connectivity index (χ0n) is 29.9. The molecule has 5 rings (SSSR count). The molecule has 0 atom stereocenters. The summed E-state index contributed by atoms with van der Waals surface area (Å²) in [6.07, 6.45) is 4.19. The van der Waals surface area contributed by atoms with E-state index in [1.54, 1.807) is 85.8 Å². The third-order valence-corrected chi connectivity index (χ3v) is 8.05. The van der Waals surface area contributed by atoms with Gasteiger partial charge >= 0.3 is 35.8 Å². The first-order valence-electron chi connectivity index (χ1n) is 17.1. The van der Waals surface area contributed by atoms with Gasteiger partial charge in [0, 0.05) is 18.6 Å². The standard InChI is InChI=1S/C43H36O12/c1-4-38(44)50-20-8-6-7-9-40(46)52-35-16-14-29-23-33(13-11-30(29)24-35)43(49)55-37-19-18-34(21-27(37)3)54-42(48)32-12-10-31-25-36(17-15-28(31)22-32)53-41(47)26-51-39(45)5-2/h4-5,10-19,21-25H,1-2,6-9,20,26H2,3H3. The Hall–Kier alpha value is -7.08. The van der Waals surface area contributed by atoms with E-state index in [-0.39, 0.29) is 41.8 Å². The predicted octanol–water partition coefficient (Wildman–Crippen LogP) is 7.57. The summed E-state index contributed by atoms with van der Waals surface area (Å²) < 4.78 is 31.5. The predicted molar refractivity (Wildman–Crippen MR) is 201 cm³/mol. The average Bonchev–Trinajstić information content (AvgIpc) is 3.18. The summed E-state index contributed by atoms with van der Waals surface area (Å²) >= 11 is 0. The molecule has 55 heavy (non-hydrogen) atoms. The number of ether oxygens (including phenoxy) is 6. The number of benzene rings is 5. The van der Waals surface area contributed by atoms with Gasteiger partial charge in [0.1, 0.15) is 23.0 Å². The summed E-state index contributed by atoms with van der Waals surface area (Å²) in [7, 11) is 0. The summed E-state index contributed by atoms with van der Waals surface area (Å²) in [5.41, 5.74) is 1.14. The molecule has 280 valence electrons. The van der Waals surface area contributed by atoms with Crippen molar-refractivity contribution >= 4 is 57.4 Å². The number of aryl methyl sites for hydroxylation is 1. The van der Waals surface area contributed by atoms with E-state index in [0.717, 1.165) is 22.9 Å². The lowest BCUT2D eigenvalue weighted by Crippen LogP contribution is -2.17. The average molecular weight is 745 g/mol. The monoisotopic (exact) mass is 744 g/mol. The van der Waals surface area contributed by atoms with Gasteiger partial charge in [0.05, 0.1) is 17.7 Å². The van der Waals surface area contributed by atoms with E-state index in [0.29, 0.717) is 46.9 Å². The van der Waals surface area contributed by atoms with Crippen molar-refractivity contribution in [3.8, 4) is 23.0 Å². The van der Waals surface area contributed by atoms with E-state index in [1.165, 1.54) is 12.1 Å². The molecule has 0 aliphatic rings. The molecule has 0 aliphatic heterocycles. The van der Waals surface area contributed by atoms with Crippen molar-refractivity contribution in [1.29, 1.82) is 0 Å². The van der Waals surface area contributed by atoms with Crippen LogP contribution in [0.3, 0.4) is 0 Å². The van der Waals surface area contributed by atoms with E-state index < -0.39 is 36.5 Å². The first-order valence-corrected chi connectivity index (χ1v) is 17.1. The zero-order valence-corrected chi connectivity index (χ0v) is 29.9. The number of esters is 6. The summed E-state index contributed by atoms with van der Waals surface area (Å²) in [4.78, 5) is 72.5. The highest BCUT2D eigenvalue weighted by atomic mass is 16.6. The smallest absolute Gasteiger partial charge is 0.349 e. The second-order valence-electron chi connectivity index (χ2n) is 12.1. The van der Waals surface area contributed by atoms with Crippen LogP contribution in [0.15, 0.2) is 116 Å². The van der Waals surface area contributed by atoms with Gasteiger partial charge in [-0.15, -0.1) is 0 Å². The van der Waals surface area contributed by atoms with Crippen LogP contribution in [0.2, 0.25) is 0 Å². The van der Waals surface area contributed by atoms with E-state index in [9.17, 15) is 28.8 Å². The molecule has 0 amide bonds. The van der Waals surface area contributed by atoms with Crippen LogP contribution in [0.4, 0.5) is 0 Å². The molecule has 12 nitrogen and oxygen atoms in total. The first-order chi connectivity index (χ1) is 26.5. The highest BCUT2D eigenvalue weighted by Gasteiger charge is 2.16. The number of carbonyl (C=O) groups excluding carboxylic acids is 6. The maximum Gasteiger partial charge on any atom is 0.349 e. The molecule has 0 aromatic heterocycles. The molecule has 0 spiro atoms. The number of carbonyl (C=O) groups is 6. The first kappa shape index (κ1) is 39.1. The van der Waals surface area contributed by atoms with Crippen LogP contribution in [0.25, 0.3) is 21.5 Å². The minimum Gasteiger partial charge on any atom is -0.463 e. The van der Waals surface area contributed by atoms with Crippen LogP contribution in [0.1, 0.15) is 52.0 Å². The lowest BCUT2D eigenvalue weighted by molar-refractivity contribution is -0.150. The van der Waals surface area contributed by atoms with Crippen LogP contribution in [0, 0.1) is 6.92 Å². The van der Waals surface area contributed by atoms with E-state index >= 15 is 0 Å². The Kier molecular flexibility index (Phi) is 13.2. The van der Waals surface area contributed by atoms with Gasteiger partial charge in [-0.2, -0.15) is 0 Å². The normalized spacial score (nSPS) is 10.6. The number of unbranched alkanes of at least 4 members (excludes halogenated alkanes) is 2. The summed E-state index contributed by atoms with van der Waals surface area (Å²) in [6.45, 7) is 8.02. The van der Waals surface area contributed by atoms with Gasteiger partial charge in [-0.05, 0) is 120 Å². The lowest BCUT2D eigenvalue weighted by atomic mass is 10.1. The highest BCUT2D eigenvalue weighted by Crippen LogP contribution is 2.28. The zero-order chi connectivity index (χ0) is 39.3. The molecule has 0 N–H and O–H groups in total. The van der Waals surface area contributed by atoms with Crippen molar-refractivity contribution in [2.75, 3.05) is 13.2 Å². The Morgan fingerprint density at radius 3 is 1.64 bits per heavy atom. The SMILES string of the molecule is C=CC(=O)OCCCCCC(=O)Oc1ccc2cc(C(=O)Oc3ccc(OC(=O)c4ccc5cc(OC(=O)COC(=O)C=C)ccc5c4)cc3C)ccc2c1. The Morgan fingerprint density at radius 1 is 0.527 bits per heavy atom. The molecule has 0 aliphatic carbocycles. The summed E-state index contributed by atoms with van der Waals surface area (Å²) in [5.74, 6) is -2.40. The minimum absolute atomic E-state index is 0.219. The third-order valence-electron chi connectivity index (χ3n) is 8.05. The molecule has 0 unspecified atom stereocenters. The van der Waals surface area contributed by atoms with Gasteiger partial charge < -0.3 is 28.4 Å². The van der Waals surface area contributed by atoms with Crippen LogP contribution in [-0.2, 0) is 28.7 Å².